The van der Waals surface area contributed by atoms with E-state index in [-0.39, 0.29) is 11.7 Å². The minimum atomic E-state index is -0.337. The smallest absolute Gasteiger partial charge is 0.256 e. The lowest BCUT2D eigenvalue weighted by Crippen LogP contribution is -2.35. The van der Waals surface area contributed by atoms with Crippen molar-refractivity contribution >= 4 is 11.6 Å². The summed E-state index contributed by atoms with van der Waals surface area (Å²) in [5.41, 5.74) is 0.849. The maximum absolute atomic E-state index is 14.1. The molecule has 1 aromatic carbocycles. The predicted molar refractivity (Wildman–Crippen MR) is 82.0 cm³/mol. The average molecular weight is 290 g/mol. The molecule has 1 amide bonds. The van der Waals surface area contributed by atoms with Crippen LogP contribution in [0.2, 0.25) is 0 Å². The van der Waals surface area contributed by atoms with Crippen molar-refractivity contribution in [3.05, 3.63) is 29.6 Å². The van der Waals surface area contributed by atoms with Gasteiger partial charge in [-0.2, -0.15) is 0 Å². The van der Waals surface area contributed by atoms with E-state index in [0.717, 1.165) is 25.8 Å². The van der Waals surface area contributed by atoms with Gasteiger partial charge in [0.15, 0.2) is 0 Å². The summed E-state index contributed by atoms with van der Waals surface area (Å²) >= 11 is 0. The highest BCUT2D eigenvalue weighted by molar-refractivity contribution is 6.00. The molecule has 0 spiro atoms. The summed E-state index contributed by atoms with van der Waals surface area (Å²) in [5, 5.41) is 3.07. The van der Waals surface area contributed by atoms with Crippen molar-refractivity contribution in [2.75, 3.05) is 18.4 Å². The van der Waals surface area contributed by atoms with E-state index in [4.69, 9.17) is 0 Å². The third-order valence-corrected chi connectivity index (χ3v) is 4.20. The summed E-state index contributed by atoms with van der Waals surface area (Å²) in [6, 6.07) is 5.16. The number of nitrogens with one attached hydrogen (secondary N) is 1. The van der Waals surface area contributed by atoms with Crippen LogP contribution in [0.3, 0.4) is 0 Å². The summed E-state index contributed by atoms with van der Waals surface area (Å²) in [5.74, 6) is 0.314. The fourth-order valence-corrected chi connectivity index (χ4v) is 2.65. The molecule has 114 valence electrons. The van der Waals surface area contributed by atoms with Gasteiger partial charge in [-0.1, -0.05) is 13.0 Å². The van der Waals surface area contributed by atoms with Gasteiger partial charge in [-0.25, -0.2) is 4.39 Å². The van der Waals surface area contributed by atoms with Gasteiger partial charge >= 0.3 is 0 Å². The molecule has 2 saturated carbocycles. The molecule has 3 rings (SSSR count). The van der Waals surface area contributed by atoms with Gasteiger partial charge in [0.25, 0.3) is 5.91 Å². The quantitative estimate of drug-likeness (QED) is 0.831. The number of halogens is 1. The topological polar surface area (TPSA) is 32.3 Å². The van der Waals surface area contributed by atoms with Crippen molar-refractivity contribution in [3.63, 3.8) is 0 Å². The molecular weight excluding hydrogens is 267 g/mol. The molecule has 0 atom stereocenters. The second-order valence-corrected chi connectivity index (χ2v) is 6.22. The molecule has 1 N–H and O–H groups in total. The van der Waals surface area contributed by atoms with E-state index in [0.29, 0.717) is 29.8 Å². The number of benzene rings is 1. The first kappa shape index (κ1) is 14.4. The van der Waals surface area contributed by atoms with Crippen molar-refractivity contribution in [1.29, 1.82) is 0 Å². The summed E-state index contributed by atoms with van der Waals surface area (Å²) < 4.78 is 14.1. The van der Waals surface area contributed by atoms with Gasteiger partial charge < -0.3 is 10.2 Å². The molecule has 0 heterocycles. The Bertz CT molecular complexity index is 524. The van der Waals surface area contributed by atoms with Crippen LogP contribution < -0.4 is 5.32 Å². The first-order valence-electron chi connectivity index (χ1n) is 8.04. The zero-order valence-electron chi connectivity index (χ0n) is 12.6. The van der Waals surface area contributed by atoms with E-state index in [1.807, 2.05) is 11.8 Å². The van der Waals surface area contributed by atoms with Gasteiger partial charge in [-0.3, -0.25) is 4.79 Å². The minimum Gasteiger partial charge on any atom is -0.382 e. The number of hydrogen-bond donors (Lipinski definition) is 1. The van der Waals surface area contributed by atoms with Crippen LogP contribution >= 0.6 is 0 Å². The number of para-hydroxylation sites is 1. The van der Waals surface area contributed by atoms with E-state index in [9.17, 15) is 9.18 Å². The van der Waals surface area contributed by atoms with Gasteiger partial charge in [0.05, 0.1) is 11.3 Å². The predicted octanol–water partition coefficient (Wildman–Crippen LogP) is 3.66. The minimum absolute atomic E-state index is 0.0116. The summed E-state index contributed by atoms with van der Waals surface area (Å²) in [6.07, 6.45) is 5.52. The molecule has 2 aliphatic rings. The van der Waals surface area contributed by atoms with Crippen molar-refractivity contribution < 1.29 is 9.18 Å². The van der Waals surface area contributed by atoms with Crippen molar-refractivity contribution in [3.8, 4) is 0 Å². The molecule has 2 aliphatic carbocycles. The van der Waals surface area contributed by atoms with Crippen LogP contribution in [-0.2, 0) is 0 Å². The second kappa shape index (κ2) is 6.04. The van der Waals surface area contributed by atoms with Crippen LogP contribution in [0.25, 0.3) is 0 Å². The second-order valence-electron chi connectivity index (χ2n) is 6.22. The Balaban J connectivity index is 1.82. The number of anilines is 1. The molecule has 0 aliphatic heterocycles. The molecule has 0 bridgehead atoms. The van der Waals surface area contributed by atoms with Crippen LogP contribution in [0, 0.1) is 11.7 Å². The summed E-state index contributed by atoms with van der Waals surface area (Å²) in [4.78, 5) is 14.8. The van der Waals surface area contributed by atoms with Gasteiger partial charge in [0.2, 0.25) is 0 Å². The van der Waals surface area contributed by atoms with Crippen LogP contribution in [-0.4, -0.2) is 29.9 Å². The summed E-state index contributed by atoms with van der Waals surface area (Å²) in [6.45, 7) is 3.54. The van der Waals surface area contributed by atoms with Crippen molar-refractivity contribution in [2.24, 2.45) is 5.92 Å². The number of hydrogen-bond acceptors (Lipinski definition) is 2. The highest BCUT2D eigenvalue weighted by atomic mass is 19.1. The van der Waals surface area contributed by atoms with Gasteiger partial charge in [0, 0.05) is 19.1 Å². The van der Waals surface area contributed by atoms with E-state index < -0.39 is 0 Å². The number of rotatable bonds is 7. The molecule has 3 nitrogen and oxygen atoms in total. The fraction of sp³-hybridized carbons (Fsp3) is 0.588. The van der Waals surface area contributed by atoms with Crippen LogP contribution in [0.15, 0.2) is 18.2 Å². The molecule has 21 heavy (non-hydrogen) atoms. The Kier molecular flexibility index (Phi) is 4.13. The lowest BCUT2D eigenvalue weighted by Gasteiger charge is -2.24. The SMILES string of the molecule is CCCNc1c(F)cccc1C(=O)N(CC1CC1)C1CC1. The monoisotopic (exact) mass is 290 g/mol. The maximum atomic E-state index is 14.1. The molecule has 2 fully saturated rings. The van der Waals surface area contributed by atoms with Gasteiger partial charge in [0.1, 0.15) is 5.82 Å². The normalized spacial score (nSPS) is 17.6. The van der Waals surface area contributed by atoms with Crippen LogP contribution in [0.4, 0.5) is 10.1 Å². The molecule has 4 heteroatoms. The zero-order chi connectivity index (χ0) is 14.8. The third kappa shape index (κ3) is 3.36. The number of carbonyl (C=O) groups is 1. The highest BCUT2D eigenvalue weighted by Gasteiger charge is 2.37. The number of nitrogens with zero attached hydrogens (tertiary/aromatic N) is 1. The van der Waals surface area contributed by atoms with E-state index in [2.05, 4.69) is 5.32 Å². The zero-order valence-corrected chi connectivity index (χ0v) is 12.6. The van der Waals surface area contributed by atoms with E-state index in [1.54, 1.807) is 12.1 Å². The summed E-state index contributed by atoms with van der Waals surface area (Å²) in [7, 11) is 0. The number of carbonyl (C=O) groups excluding carboxylic acids is 1. The largest absolute Gasteiger partial charge is 0.382 e. The molecule has 1 aromatic rings. The molecule has 0 saturated heterocycles. The van der Waals surface area contributed by atoms with E-state index in [1.165, 1.54) is 18.9 Å². The lowest BCUT2D eigenvalue weighted by molar-refractivity contribution is 0.0735. The third-order valence-electron chi connectivity index (χ3n) is 4.20. The Hall–Kier alpha value is -1.58. The lowest BCUT2D eigenvalue weighted by atomic mass is 10.1. The molecule has 0 radical (unpaired) electrons. The van der Waals surface area contributed by atoms with Gasteiger partial charge in [-0.05, 0) is 50.2 Å². The molecular formula is C17H23FN2O. The Morgan fingerprint density at radius 1 is 1.33 bits per heavy atom. The van der Waals surface area contributed by atoms with Crippen molar-refractivity contribution in [1.82, 2.24) is 4.90 Å². The Morgan fingerprint density at radius 3 is 2.71 bits per heavy atom. The van der Waals surface area contributed by atoms with Crippen LogP contribution in [0.1, 0.15) is 49.4 Å². The average Bonchev–Trinajstić information content (AvgIpc) is 3.36. The Labute approximate surface area is 125 Å². The van der Waals surface area contributed by atoms with Gasteiger partial charge in [-0.15, -0.1) is 0 Å². The molecule has 0 unspecified atom stereocenters. The highest BCUT2D eigenvalue weighted by Crippen LogP contribution is 2.36. The first-order chi connectivity index (χ1) is 10.2. The van der Waals surface area contributed by atoms with Crippen LogP contribution in [0.5, 0.6) is 0 Å². The van der Waals surface area contributed by atoms with Crippen molar-refractivity contribution in [2.45, 2.75) is 45.1 Å². The maximum Gasteiger partial charge on any atom is 0.256 e. The fourth-order valence-electron chi connectivity index (χ4n) is 2.65. The Morgan fingerprint density at radius 2 is 2.10 bits per heavy atom. The molecule has 0 aromatic heterocycles. The standard InChI is InChI=1S/C17H23FN2O/c1-2-10-19-16-14(4-3-5-15(16)18)17(21)20(13-8-9-13)11-12-6-7-12/h3-5,12-13,19H,2,6-11H2,1H3. The number of amides is 1. The first-order valence-corrected chi connectivity index (χ1v) is 8.04. The van der Waals surface area contributed by atoms with E-state index >= 15 is 0 Å².